The van der Waals surface area contributed by atoms with E-state index in [1.54, 1.807) is 0 Å². The summed E-state index contributed by atoms with van der Waals surface area (Å²) in [5.41, 5.74) is 2.16. The van der Waals surface area contributed by atoms with Crippen LogP contribution in [0.3, 0.4) is 0 Å². The average molecular weight is 236 g/mol. The molecule has 1 saturated carbocycles. The highest BCUT2D eigenvalue weighted by Gasteiger charge is 2.19. The molecule has 94 valence electrons. The summed E-state index contributed by atoms with van der Waals surface area (Å²) >= 11 is 0. The lowest BCUT2D eigenvalue weighted by Gasteiger charge is -2.21. The zero-order chi connectivity index (χ0) is 12.3. The van der Waals surface area contributed by atoms with Crippen LogP contribution in [0.2, 0.25) is 0 Å². The molecule has 0 N–H and O–H groups in total. The highest BCUT2D eigenvalue weighted by atomic mass is 16.5. The van der Waals surface area contributed by atoms with Crippen LogP contribution in [0, 0.1) is 6.92 Å². The molecule has 0 radical (unpaired) electrons. The molecule has 4 heteroatoms. The maximum Gasteiger partial charge on any atom is 0.133 e. The van der Waals surface area contributed by atoms with Crippen LogP contribution in [0.1, 0.15) is 44.0 Å². The van der Waals surface area contributed by atoms with Crippen molar-refractivity contribution < 1.29 is 9.53 Å². The predicted octanol–water partition coefficient (Wildman–Crippen LogP) is 2.24. The number of rotatable bonds is 4. The predicted molar refractivity (Wildman–Crippen MR) is 64.7 cm³/mol. The second-order valence-corrected chi connectivity index (χ2v) is 4.64. The smallest absolute Gasteiger partial charge is 0.133 e. The van der Waals surface area contributed by atoms with Gasteiger partial charge in [0.25, 0.3) is 0 Å². The number of hydrogen-bond acceptors (Lipinski definition) is 3. The van der Waals surface area contributed by atoms with Gasteiger partial charge in [-0.15, -0.1) is 0 Å². The van der Waals surface area contributed by atoms with E-state index in [2.05, 4.69) is 18.1 Å². The third-order valence-electron chi connectivity index (χ3n) is 3.24. The van der Waals surface area contributed by atoms with Gasteiger partial charge in [-0.05, 0) is 32.8 Å². The Morgan fingerprint density at radius 2 is 2.18 bits per heavy atom. The van der Waals surface area contributed by atoms with Gasteiger partial charge < -0.3 is 4.74 Å². The Bertz CT molecular complexity index is 388. The molecule has 0 aromatic carbocycles. The molecule has 1 aliphatic rings. The van der Waals surface area contributed by atoms with Gasteiger partial charge in [0, 0.05) is 19.4 Å². The summed E-state index contributed by atoms with van der Waals surface area (Å²) in [6.07, 6.45) is 3.34. The van der Waals surface area contributed by atoms with Crippen LogP contribution in [0.5, 0.6) is 0 Å². The lowest BCUT2D eigenvalue weighted by atomic mass is 9.96. The first-order valence-corrected chi connectivity index (χ1v) is 6.35. The summed E-state index contributed by atoms with van der Waals surface area (Å²) in [6, 6.07) is 2.07. The maximum absolute atomic E-state index is 11.1. The quantitative estimate of drug-likeness (QED) is 0.805. The fraction of sp³-hybridized carbons (Fsp3) is 0.692. The zero-order valence-electron chi connectivity index (χ0n) is 10.6. The molecule has 0 spiro atoms. The summed E-state index contributed by atoms with van der Waals surface area (Å²) in [5, 5.41) is 4.39. The molecule has 0 unspecified atom stereocenters. The van der Waals surface area contributed by atoms with Crippen molar-refractivity contribution in [3.8, 4) is 0 Å². The van der Waals surface area contributed by atoms with Crippen LogP contribution < -0.4 is 0 Å². The molecule has 0 atom stereocenters. The molecule has 4 nitrogen and oxygen atoms in total. The largest absolute Gasteiger partial charge is 0.372 e. The van der Waals surface area contributed by atoms with Crippen molar-refractivity contribution in [3.63, 3.8) is 0 Å². The lowest BCUT2D eigenvalue weighted by molar-refractivity contribution is -0.123. The summed E-state index contributed by atoms with van der Waals surface area (Å²) in [4.78, 5) is 11.1. The van der Waals surface area contributed by atoms with E-state index in [1.165, 1.54) is 0 Å². The van der Waals surface area contributed by atoms with Crippen LogP contribution >= 0.6 is 0 Å². The summed E-state index contributed by atoms with van der Waals surface area (Å²) in [6.45, 7) is 5.55. The van der Waals surface area contributed by atoms with E-state index in [9.17, 15) is 4.79 Å². The number of aryl methyl sites for hydroxylation is 2. The number of ether oxygens (including phenoxy) is 1. The fourth-order valence-corrected chi connectivity index (χ4v) is 2.27. The Kier molecular flexibility index (Phi) is 3.94. The summed E-state index contributed by atoms with van der Waals surface area (Å²) in [5.74, 6) is 0.374. The minimum Gasteiger partial charge on any atom is -0.372 e. The Morgan fingerprint density at radius 1 is 1.47 bits per heavy atom. The molecule has 1 aromatic rings. The van der Waals surface area contributed by atoms with E-state index < -0.39 is 0 Å². The third kappa shape index (κ3) is 3.16. The molecular formula is C13H20N2O2. The molecule has 0 saturated heterocycles. The number of aromatic nitrogens is 2. The molecular weight excluding hydrogens is 216 g/mol. The monoisotopic (exact) mass is 236 g/mol. The number of carbonyl (C=O) groups excluding carboxylic acids is 1. The van der Waals surface area contributed by atoms with Gasteiger partial charge in [0.05, 0.1) is 24.1 Å². The van der Waals surface area contributed by atoms with Gasteiger partial charge in [-0.3, -0.25) is 9.48 Å². The van der Waals surface area contributed by atoms with Gasteiger partial charge in [-0.25, -0.2) is 0 Å². The van der Waals surface area contributed by atoms with E-state index in [0.29, 0.717) is 25.2 Å². The van der Waals surface area contributed by atoms with Crippen molar-refractivity contribution in [2.45, 2.75) is 58.8 Å². The average Bonchev–Trinajstić information content (AvgIpc) is 2.69. The summed E-state index contributed by atoms with van der Waals surface area (Å²) in [7, 11) is 0. The second kappa shape index (κ2) is 5.45. The van der Waals surface area contributed by atoms with Gasteiger partial charge in [0.1, 0.15) is 5.78 Å². The van der Waals surface area contributed by atoms with Crippen molar-refractivity contribution in [3.05, 3.63) is 17.5 Å². The van der Waals surface area contributed by atoms with Crippen molar-refractivity contribution in [1.82, 2.24) is 9.78 Å². The molecule has 1 aromatic heterocycles. The van der Waals surface area contributed by atoms with E-state index in [-0.39, 0.29) is 6.10 Å². The highest BCUT2D eigenvalue weighted by molar-refractivity contribution is 5.79. The van der Waals surface area contributed by atoms with Crippen LogP contribution in [0.4, 0.5) is 0 Å². The number of nitrogens with zero attached hydrogens (tertiary/aromatic N) is 2. The molecule has 17 heavy (non-hydrogen) atoms. The molecule has 1 fully saturated rings. The van der Waals surface area contributed by atoms with Gasteiger partial charge >= 0.3 is 0 Å². The van der Waals surface area contributed by atoms with Gasteiger partial charge in [-0.2, -0.15) is 5.10 Å². The summed E-state index contributed by atoms with van der Waals surface area (Å²) < 4.78 is 7.84. The molecule has 1 heterocycles. The van der Waals surface area contributed by atoms with Crippen molar-refractivity contribution in [2.75, 3.05) is 0 Å². The first-order chi connectivity index (χ1) is 8.19. The molecule has 0 aliphatic heterocycles. The Labute approximate surface area is 102 Å². The minimum atomic E-state index is 0.244. The lowest BCUT2D eigenvalue weighted by Crippen LogP contribution is -2.21. The number of carbonyl (C=O) groups is 1. The van der Waals surface area contributed by atoms with Crippen molar-refractivity contribution in [2.24, 2.45) is 0 Å². The van der Waals surface area contributed by atoms with Crippen LogP contribution in [0.15, 0.2) is 6.07 Å². The Morgan fingerprint density at radius 3 is 2.82 bits per heavy atom. The van der Waals surface area contributed by atoms with E-state index in [4.69, 9.17) is 4.74 Å². The van der Waals surface area contributed by atoms with Crippen LogP contribution in [-0.4, -0.2) is 21.7 Å². The standard InChI is InChI=1S/C13H20N2O2/c1-3-15-11(8-10(2)14-15)9-17-13-6-4-12(16)5-7-13/h8,13H,3-7,9H2,1-2H3. The first-order valence-electron chi connectivity index (χ1n) is 6.35. The van der Waals surface area contributed by atoms with Crippen molar-refractivity contribution >= 4 is 5.78 Å². The van der Waals surface area contributed by atoms with Gasteiger partial charge in [-0.1, -0.05) is 0 Å². The first kappa shape index (κ1) is 12.3. The van der Waals surface area contributed by atoms with Gasteiger partial charge in [0.2, 0.25) is 0 Å². The van der Waals surface area contributed by atoms with E-state index >= 15 is 0 Å². The number of hydrogen-bond donors (Lipinski definition) is 0. The minimum absolute atomic E-state index is 0.244. The zero-order valence-corrected chi connectivity index (χ0v) is 10.6. The van der Waals surface area contributed by atoms with Crippen LogP contribution in [0.25, 0.3) is 0 Å². The van der Waals surface area contributed by atoms with Gasteiger partial charge in [0.15, 0.2) is 0 Å². The Hall–Kier alpha value is -1.16. The Balaban J connectivity index is 1.86. The van der Waals surface area contributed by atoms with E-state index in [1.807, 2.05) is 11.6 Å². The van der Waals surface area contributed by atoms with E-state index in [0.717, 1.165) is 30.8 Å². The molecule has 0 bridgehead atoms. The maximum atomic E-state index is 11.1. The molecule has 2 rings (SSSR count). The fourth-order valence-electron chi connectivity index (χ4n) is 2.27. The third-order valence-corrected chi connectivity index (χ3v) is 3.24. The normalized spacial score (nSPS) is 17.6. The van der Waals surface area contributed by atoms with Crippen LogP contribution in [-0.2, 0) is 22.7 Å². The van der Waals surface area contributed by atoms with Crippen molar-refractivity contribution in [1.29, 1.82) is 0 Å². The number of ketones is 1. The SMILES string of the molecule is CCn1nc(C)cc1COC1CCC(=O)CC1. The topological polar surface area (TPSA) is 44.1 Å². The second-order valence-electron chi connectivity index (χ2n) is 4.64. The highest BCUT2D eigenvalue weighted by Crippen LogP contribution is 2.19. The number of Topliss-reactive ketones (excluding diaryl/α,β-unsaturated/α-hetero) is 1. The molecule has 1 aliphatic carbocycles. The molecule has 0 amide bonds.